The maximum absolute atomic E-state index is 13.4. The summed E-state index contributed by atoms with van der Waals surface area (Å²) in [5.74, 6) is 0.314. The maximum Gasteiger partial charge on any atom is 0.336 e. The fourth-order valence-electron chi connectivity index (χ4n) is 3.31. The van der Waals surface area contributed by atoms with Crippen molar-refractivity contribution in [2.24, 2.45) is 0 Å². The van der Waals surface area contributed by atoms with Crippen molar-refractivity contribution in [2.45, 2.75) is 6.54 Å². The summed E-state index contributed by atoms with van der Waals surface area (Å²) in [7, 11) is 2.93. The molecule has 170 valence electrons. The van der Waals surface area contributed by atoms with Gasteiger partial charge in [-0.2, -0.15) is 0 Å². The molecule has 1 N–H and O–H groups in total. The van der Waals surface area contributed by atoms with E-state index in [2.05, 4.69) is 5.32 Å². The van der Waals surface area contributed by atoms with Gasteiger partial charge in [0.25, 0.3) is 5.56 Å². The number of hydrogen-bond donors (Lipinski definition) is 1. The number of methoxy groups -OCH3 is 2. The van der Waals surface area contributed by atoms with Gasteiger partial charge in [-0.15, -0.1) is 11.3 Å². The molecule has 0 bridgehead atoms. The summed E-state index contributed by atoms with van der Waals surface area (Å²) < 4.78 is 13.1. The van der Waals surface area contributed by atoms with Crippen LogP contribution in [0.2, 0.25) is 10.0 Å². The van der Waals surface area contributed by atoms with E-state index in [-0.39, 0.29) is 17.3 Å². The van der Waals surface area contributed by atoms with Gasteiger partial charge in [0.2, 0.25) is 5.91 Å². The van der Waals surface area contributed by atoms with Gasteiger partial charge >= 0.3 is 5.69 Å². The van der Waals surface area contributed by atoms with Crippen LogP contribution in [-0.4, -0.2) is 29.3 Å². The van der Waals surface area contributed by atoms with E-state index < -0.39 is 17.2 Å². The van der Waals surface area contributed by atoms with E-state index in [1.165, 1.54) is 36.2 Å². The Kier molecular flexibility index (Phi) is 6.46. The summed E-state index contributed by atoms with van der Waals surface area (Å²) in [6.45, 7) is -0.341. The predicted octanol–water partition coefficient (Wildman–Crippen LogP) is 4.18. The highest BCUT2D eigenvalue weighted by Gasteiger charge is 2.19. The zero-order valence-electron chi connectivity index (χ0n) is 17.4. The Morgan fingerprint density at radius 1 is 1.03 bits per heavy atom. The third-order valence-electron chi connectivity index (χ3n) is 4.86. The van der Waals surface area contributed by atoms with Gasteiger partial charge in [-0.1, -0.05) is 23.2 Å². The van der Waals surface area contributed by atoms with Crippen LogP contribution < -0.4 is 26.0 Å². The summed E-state index contributed by atoms with van der Waals surface area (Å²) in [4.78, 5) is 39.4. The highest BCUT2D eigenvalue weighted by Crippen LogP contribution is 2.26. The Morgan fingerprint density at radius 2 is 1.73 bits per heavy atom. The second-order valence-electron chi connectivity index (χ2n) is 6.89. The lowest BCUT2D eigenvalue weighted by molar-refractivity contribution is -0.116. The second kappa shape index (κ2) is 9.30. The van der Waals surface area contributed by atoms with Crippen LogP contribution in [0.4, 0.5) is 5.69 Å². The average molecular weight is 506 g/mol. The number of halogens is 2. The molecule has 33 heavy (non-hydrogen) atoms. The van der Waals surface area contributed by atoms with Gasteiger partial charge in [-0.25, -0.2) is 9.36 Å². The topological polar surface area (TPSA) is 91.6 Å². The lowest BCUT2D eigenvalue weighted by atomic mass is 10.2. The van der Waals surface area contributed by atoms with Crippen LogP contribution in [0.25, 0.3) is 15.9 Å². The number of benzene rings is 2. The number of rotatable bonds is 6. The van der Waals surface area contributed by atoms with E-state index in [0.29, 0.717) is 32.4 Å². The normalized spacial score (nSPS) is 10.9. The number of amides is 1. The number of hydrogen-bond acceptors (Lipinski definition) is 6. The first-order valence-electron chi connectivity index (χ1n) is 9.53. The molecule has 0 radical (unpaired) electrons. The number of fused-ring (bicyclic) bond motifs is 1. The number of nitrogens with zero attached hydrogens (tertiary/aromatic N) is 2. The third-order valence-corrected chi connectivity index (χ3v) is 6.30. The SMILES string of the molecule is COc1cc(OC)cc(-n2c(=O)c3sccc3n(CC(=O)Nc3ccc(Cl)cc3Cl)c2=O)c1. The Hall–Kier alpha value is -3.27. The molecule has 0 fully saturated rings. The molecule has 0 atom stereocenters. The van der Waals surface area contributed by atoms with E-state index >= 15 is 0 Å². The average Bonchev–Trinajstić information content (AvgIpc) is 3.28. The fraction of sp³-hybridized carbons (Fsp3) is 0.136. The van der Waals surface area contributed by atoms with Crippen LogP contribution in [0.1, 0.15) is 0 Å². The van der Waals surface area contributed by atoms with Crippen LogP contribution in [0, 0.1) is 0 Å². The van der Waals surface area contributed by atoms with Crippen LogP contribution in [0.5, 0.6) is 11.5 Å². The maximum atomic E-state index is 13.4. The van der Waals surface area contributed by atoms with Crippen LogP contribution in [0.3, 0.4) is 0 Å². The molecule has 0 aliphatic rings. The molecule has 0 saturated carbocycles. The van der Waals surface area contributed by atoms with Gasteiger partial charge in [0.05, 0.1) is 36.1 Å². The number of anilines is 1. The molecule has 2 heterocycles. The molecule has 4 rings (SSSR count). The van der Waals surface area contributed by atoms with Crippen LogP contribution in [-0.2, 0) is 11.3 Å². The Morgan fingerprint density at radius 3 is 2.36 bits per heavy atom. The van der Waals surface area contributed by atoms with Crippen molar-refractivity contribution in [1.82, 2.24) is 9.13 Å². The number of carbonyl (C=O) groups excluding carboxylic acids is 1. The van der Waals surface area contributed by atoms with E-state index in [0.717, 1.165) is 4.57 Å². The minimum Gasteiger partial charge on any atom is -0.497 e. The van der Waals surface area contributed by atoms with Gasteiger partial charge in [0.1, 0.15) is 22.7 Å². The number of carbonyl (C=O) groups is 1. The second-order valence-corrected chi connectivity index (χ2v) is 8.65. The molecule has 8 nitrogen and oxygen atoms in total. The summed E-state index contributed by atoms with van der Waals surface area (Å²) in [6.07, 6.45) is 0. The minimum absolute atomic E-state index is 0.256. The van der Waals surface area contributed by atoms with E-state index in [9.17, 15) is 14.4 Å². The van der Waals surface area contributed by atoms with E-state index in [1.807, 2.05) is 0 Å². The summed E-state index contributed by atoms with van der Waals surface area (Å²) in [6, 6.07) is 11.0. The number of ether oxygens (including phenoxy) is 2. The Balaban J connectivity index is 1.82. The van der Waals surface area contributed by atoms with Crippen molar-refractivity contribution in [3.63, 3.8) is 0 Å². The molecule has 4 aromatic rings. The number of aromatic nitrogens is 2. The summed E-state index contributed by atoms with van der Waals surface area (Å²) in [5, 5.41) is 5.04. The van der Waals surface area contributed by atoms with Gasteiger partial charge in [-0.3, -0.25) is 14.2 Å². The van der Waals surface area contributed by atoms with Gasteiger partial charge in [0, 0.05) is 23.2 Å². The van der Waals surface area contributed by atoms with Crippen molar-refractivity contribution in [3.8, 4) is 17.2 Å². The lowest BCUT2D eigenvalue weighted by Gasteiger charge is -2.14. The fourth-order valence-corrected chi connectivity index (χ4v) is 4.59. The van der Waals surface area contributed by atoms with Crippen LogP contribution in [0.15, 0.2) is 57.4 Å². The van der Waals surface area contributed by atoms with Gasteiger partial charge in [-0.05, 0) is 29.6 Å². The lowest BCUT2D eigenvalue weighted by Crippen LogP contribution is -2.40. The summed E-state index contributed by atoms with van der Waals surface area (Å²) in [5.41, 5.74) is -0.215. The highest BCUT2D eigenvalue weighted by atomic mass is 35.5. The third kappa shape index (κ3) is 4.47. The van der Waals surface area contributed by atoms with Crippen molar-refractivity contribution < 1.29 is 14.3 Å². The molecular weight excluding hydrogens is 489 g/mol. The van der Waals surface area contributed by atoms with Crippen LogP contribution >= 0.6 is 34.5 Å². The Labute approximate surface area is 201 Å². The van der Waals surface area contributed by atoms with Gasteiger partial charge in [0.15, 0.2) is 0 Å². The number of thiophene rings is 1. The molecule has 0 spiro atoms. The molecular formula is C22H17Cl2N3O5S. The molecule has 0 aliphatic carbocycles. The van der Waals surface area contributed by atoms with Crippen molar-refractivity contribution >= 4 is 56.3 Å². The molecule has 2 aromatic carbocycles. The first kappa shape index (κ1) is 22.9. The largest absolute Gasteiger partial charge is 0.497 e. The van der Waals surface area contributed by atoms with Crippen molar-refractivity contribution in [1.29, 1.82) is 0 Å². The zero-order chi connectivity index (χ0) is 23.7. The quantitative estimate of drug-likeness (QED) is 0.424. The molecule has 1 amide bonds. The molecule has 2 aromatic heterocycles. The van der Waals surface area contributed by atoms with E-state index in [4.69, 9.17) is 32.7 Å². The first-order valence-corrected chi connectivity index (χ1v) is 11.2. The minimum atomic E-state index is -0.682. The highest BCUT2D eigenvalue weighted by molar-refractivity contribution is 7.17. The molecule has 0 saturated heterocycles. The van der Waals surface area contributed by atoms with Crippen molar-refractivity contribution in [2.75, 3.05) is 19.5 Å². The molecule has 11 heteroatoms. The predicted molar refractivity (Wildman–Crippen MR) is 130 cm³/mol. The smallest absolute Gasteiger partial charge is 0.336 e. The van der Waals surface area contributed by atoms with Gasteiger partial charge < -0.3 is 14.8 Å². The standard InChI is InChI=1S/C22H17Cl2N3O5S/c1-31-14-8-13(9-15(10-14)32-2)27-21(29)20-18(5-6-33-20)26(22(27)30)11-19(28)25-17-4-3-12(23)7-16(17)24/h3-10H,11H2,1-2H3,(H,25,28). The Bertz CT molecular complexity index is 1470. The summed E-state index contributed by atoms with van der Waals surface area (Å²) >= 11 is 13.2. The zero-order valence-corrected chi connectivity index (χ0v) is 19.8. The molecule has 0 aliphatic heterocycles. The van der Waals surface area contributed by atoms with Crippen molar-refractivity contribution in [3.05, 3.63) is 78.7 Å². The number of nitrogens with one attached hydrogen (secondary N) is 1. The molecule has 0 unspecified atom stereocenters. The first-order chi connectivity index (χ1) is 15.8. The van der Waals surface area contributed by atoms with E-state index in [1.54, 1.807) is 41.8 Å². The monoisotopic (exact) mass is 505 g/mol.